The second-order valence-electron chi connectivity index (χ2n) is 3.63. The average Bonchev–Trinajstić information content (AvgIpc) is 2.91. The molecular formula is C8H15NO4. The van der Waals surface area contributed by atoms with Crippen molar-refractivity contribution in [2.45, 2.75) is 37.1 Å². The van der Waals surface area contributed by atoms with Gasteiger partial charge in [-0.1, -0.05) is 0 Å². The molecule has 0 bridgehead atoms. The molecule has 0 radical (unpaired) electrons. The van der Waals surface area contributed by atoms with Crippen molar-refractivity contribution < 1.29 is 19.3 Å². The van der Waals surface area contributed by atoms with Crippen molar-refractivity contribution in [1.82, 2.24) is 0 Å². The molecule has 5 atom stereocenters. The molecule has 0 amide bonds. The van der Waals surface area contributed by atoms with Crippen LogP contribution in [0.15, 0.2) is 0 Å². The highest BCUT2D eigenvalue weighted by atomic mass is 16.7. The molecule has 2 heterocycles. The largest absolute Gasteiger partial charge is 0.380 e. The van der Waals surface area contributed by atoms with E-state index in [0.717, 1.165) is 0 Å². The monoisotopic (exact) mass is 189 g/mol. The van der Waals surface area contributed by atoms with Gasteiger partial charge in [-0.25, -0.2) is 0 Å². The molecule has 1 unspecified atom stereocenters. The molecule has 0 spiro atoms. The lowest BCUT2D eigenvalue weighted by molar-refractivity contribution is -0.255. The van der Waals surface area contributed by atoms with E-state index in [4.69, 9.17) is 19.9 Å². The van der Waals surface area contributed by atoms with Crippen LogP contribution in [0, 0.1) is 0 Å². The lowest BCUT2D eigenvalue weighted by Crippen LogP contribution is -2.60. The first kappa shape index (κ1) is 9.36. The first-order valence-corrected chi connectivity index (χ1v) is 4.39. The molecule has 2 aliphatic rings. The van der Waals surface area contributed by atoms with Gasteiger partial charge in [-0.05, 0) is 6.92 Å². The van der Waals surface area contributed by atoms with Gasteiger partial charge >= 0.3 is 0 Å². The van der Waals surface area contributed by atoms with Crippen molar-refractivity contribution in [3.05, 3.63) is 0 Å². The van der Waals surface area contributed by atoms with Crippen molar-refractivity contribution in [2.75, 3.05) is 13.7 Å². The number of methoxy groups -OCH3 is 1. The second-order valence-corrected chi connectivity index (χ2v) is 3.63. The molecule has 0 aromatic heterocycles. The molecule has 2 saturated heterocycles. The molecule has 5 heteroatoms. The molecule has 13 heavy (non-hydrogen) atoms. The summed E-state index contributed by atoms with van der Waals surface area (Å²) < 4.78 is 15.7. The van der Waals surface area contributed by atoms with Crippen LogP contribution >= 0.6 is 0 Å². The van der Waals surface area contributed by atoms with Gasteiger partial charge in [-0.3, -0.25) is 0 Å². The Morgan fingerprint density at radius 2 is 2.23 bits per heavy atom. The quantitative estimate of drug-likeness (QED) is 0.535. The van der Waals surface area contributed by atoms with Crippen LogP contribution < -0.4 is 5.73 Å². The third kappa shape index (κ3) is 1.19. The van der Waals surface area contributed by atoms with E-state index in [0.29, 0.717) is 0 Å². The van der Waals surface area contributed by atoms with E-state index in [1.165, 1.54) is 7.11 Å². The van der Waals surface area contributed by atoms with Gasteiger partial charge in [0.2, 0.25) is 0 Å². The number of epoxide rings is 1. The number of fused-ring (bicyclic) bond motifs is 1. The molecule has 0 saturated carbocycles. The predicted octanol–water partition coefficient (Wildman–Crippen LogP) is -1.17. The number of nitrogens with two attached hydrogens (primary N) is 1. The number of rotatable bonds is 2. The Labute approximate surface area is 76.8 Å². The minimum absolute atomic E-state index is 0.0278. The Hall–Kier alpha value is -0.200. The Morgan fingerprint density at radius 3 is 2.77 bits per heavy atom. The summed E-state index contributed by atoms with van der Waals surface area (Å²) in [6, 6.07) is 0. The second kappa shape index (κ2) is 2.90. The van der Waals surface area contributed by atoms with Crippen LogP contribution in [0.5, 0.6) is 0 Å². The van der Waals surface area contributed by atoms with E-state index in [1.54, 1.807) is 0 Å². The summed E-state index contributed by atoms with van der Waals surface area (Å²) in [4.78, 5) is 0. The Morgan fingerprint density at radius 1 is 1.54 bits per heavy atom. The van der Waals surface area contributed by atoms with E-state index >= 15 is 0 Å². The van der Waals surface area contributed by atoms with Crippen LogP contribution in [0.25, 0.3) is 0 Å². The zero-order valence-electron chi connectivity index (χ0n) is 7.77. The van der Waals surface area contributed by atoms with Gasteiger partial charge in [-0.2, -0.15) is 0 Å². The average molecular weight is 189 g/mol. The molecule has 2 aliphatic heterocycles. The molecule has 0 aliphatic carbocycles. The van der Waals surface area contributed by atoms with Crippen LogP contribution in [0.3, 0.4) is 0 Å². The van der Waals surface area contributed by atoms with Crippen LogP contribution in [-0.4, -0.2) is 49.0 Å². The molecular weight excluding hydrogens is 174 g/mol. The first-order chi connectivity index (χ1) is 6.13. The van der Waals surface area contributed by atoms with Crippen molar-refractivity contribution in [3.8, 4) is 0 Å². The Bertz CT molecular complexity index is 212. The van der Waals surface area contributed by atoms with Crippen molar-refractivity contribution >= 4 is 0 Å². The van der Waals surface area contributed by atoms with Gasteiger partial charge in [0.15, 0.2) is 11.9 Å². The predicted molar refractivity (Wildman–Crippen MR) is 44.0 cm³/mol. The normalized spacial score (nSPS) is 54.5. The molecule has 3 N–H and O–H groups in total. The lowest BCUT2D eigenvalue weighted by Gasteiger charge is -2.37. The van der Waals surface area contributed by atoms with Gasteiger partial charge < -0.3 is 25.1 Å². The van der Waals surface area contributed by atoms with E-state index in [-0.39, 0.29) is 24.9 Å². The number of hydrogen-bond donors (Lipinski definition) is 2. The Balaban J connectivity index is 2.16. The minimum atomic E-state index is -1.19. The summed E-state index contributed by atoms with van der Waals surface area (Å²) in [5, 5.41) is 10.1. The highest BCUT2D eigenvalue weighted by molar-refractivity contribution is 5.09. The van der Waals surface area contributed by atoms with Gasteiger partial charge in [0.05, 0.1) is 6.10 Å². The van der Waals surface area contributed by atoms with E-state index in [2.05, 4.69) is 0 Å². The summed E-state index contributed by atoms with van der Waals surface area (Å²) in [6.07, 6.45) is -0.982. The highest BCUT2D eigenvalue weighted by Gasteiger charge is 2.64. The highest BCUT2D eigenvalue weighted by Crippen LogP contribution is 2.43. The third-order valence-corrected chi connectivity index (χ3v) is 2.77. The standard InChI is InChI=1S/C8H15NO4/c1-4-5-6(13-5)8(10,3-9)7(11-2)12-4/h4-7,10H,3,9H2,1-2H3/t4-,5+,6+,7+,8?/m0/s1. The van der Waals surface area contributed by atoms with Crippen molar-refractivity contribution in [2.24, 2.45) is 5.73 Å². The van der Waals surface area contributed by atoms with Gasteiger partial charge in [0.1, 0.15) is 12.2 Å². The maximum absolute atomic E-state index is 10.1. The van der Waals surface area contributed by atoms with Crippen molar-refractivity contribution in [1.29, 1.82) is 0 Å². The third-order valence-electron chi connectivity index (χ3n) is 2.77. The van der Waals surface area contributed by atoms with Crippen LogP contribution in [-0.2, 0) is 14.2 Å². The maximum Gasteiger partial charge on any atom is 0.190 e. The summed E-state index contributed by atoms with van der Waals surface area (Å²) in [6.45, 7) is 1.98. The number of aliphatic hydroxyl groups is 1. The minimum Gasteiger partial charge on any atom is -0.380 e. The zero-order chi connectivity index (χ0) is 9.64. The molecule has 76 valence electrons. The van der Waals surface area contributed by atoms with Crippen LogP contribution in [0.1, 0.15) is 6.92 Å². The topological polar surface area (TPSA) is 77.2 Å². The first-order valence-electron chi connectivity index (χ1n) is 4.39. The molecule has 0 aromatic carbocycles. The van der Waals surface area contributed by atoms with Gasteiger partial charge in [0, 0.05) is 13.7 Å². The Kier molecular flexibility index (Phi) is 2.08. The molecule has 2 rings (SSSR count). The van der Waals surface area contributed by atoms with Crippen LogP contribution in [0.4, 0.5) is 0 Å². The molecule has 0 aromatic rings. The van der Waals surface area contributed by atoms with Crippen LogP contribution in [0.2, 0.25) is 0 Å². The van der Waals surface area contributed by atoms with Gasteiger partial charge in [0.25, 0.3) is 0 Å². The number of ether oxygens (including phenoxy) is 3. The summed E-state index contributed by atoms with van der Waals surface area (Å²) >= 11 is 0. The molecule has 2 fully saturated rings. The summed E-state index contributed by atoms with van der Waals surface area (Å²) in [5.41, 5.74) is 4.29. The van der Waals surface area contributed by atoms with Gasteiger partial charge in [-0.15, -0.1) is 0 Å². The fraction of sp³-hybridized carbons (Fsp3) is 1.00. The van der Waals surface area contributed by atoms with E-state index in [9.17, 15) is 5.11 Å². The fourth-order valence-electron chi connectivity index (χ4n) is 1.88. The smallest absolute Gasteiger partial charge is 0.190 e. The van der Waals surface area contributed by atoms with Crippen molar-refractivity contribution in [3.63, 3.8) is 0 Å². The maximum atomic E-state index is 10.1. The summed E-state index contributed by atoms with van der Waals surface area (Å²) in [5.74, 6) is 0. The molecule has 5 nitrogen and oxygen atoms in total. The zero-order valence-corrected chi connectivity index (χ0v) is 7.77. The fourth-order valence-corrected chi connectivity index (χ4v) is 1.88. The van der Waals surface area contributed by atoms with E-state index < -0.39 is 11.9 Å². The number of hydrogen-bond acceptors (Lipinski definition) is 5. The SMILES string of the molecule is CO[C@@H]1O[C@@H](C)[C@H]2O[C@H]2C1(O)CN. The van der Waals surface area contributed by atoms with E-state index in [1.807, 2.05) is 6.92 Å². The lowest BCUT2D eigenvalue weighted by atomic mass is 9.92. The summed E-state index contributed by atoms with van der Waals surface area (Å²) in [7, 11) is 1.49.